The number of hydrogen-bond acceptors (Lipinski definition) is 7. The van der Waals surface area contributed by atoms with Crippen LogP contribution in [-0.4, -0.2) is 46.2 Å². The Hall–Kier alpha value is -2.62. The molecule has 0 amide bonds. The van der Waals surface area contributed by atoms with Gasteiger partial charge in [0.15, 0.2) is 0 Å². The van der Waals surface area contributed by atoms with Crippen molar-refractivity contribution in [3.8, 4) is 0 Å². The van der Waals surface area contributed by atoms with E-state index in [1.165, 1.54) is 0 Å². The van der Waals surface area contributed by atoms with Gasteiger partial charge in [-0.25, -0.2) is 0 Å². The number of aromatic nitrogens is 9. The van der Waals surface area contributed by atoms with E-state index in [0.29, 0.717) is 12.1 Å². The first kappa shape index (κ1) is 11.5. The van der Waals surface area contributed by atoms with Crippen molar-refractivity contribution in [3.05, 3.63) is 35.7 Å². The lowest BCUT2D eigenvalue weighted by Crippen LogP contribution is -2.23. The molecule has 0 aliphatic carbocycles. The van der Waals surface area contributed by atoms with E-state index in [9.17, 15) is 0 Å². The Morgan fingerprint density at radius 1 is 0.895 bits per heavy atom. The Bertz CT molecular complexity index is 583. The third-order valence-corrected chi connectivity index (χ3v) is 2.92. The number of hydrogen-bond donors (Lipinski definition) is 4. The Morgan fingerprint density at radius 2 is 1.53 bits per heavy atom. The average Bonchev–Trinajstić information content (AvgIpc) is 3.15. The molecule has 0 spiro atoms. The van der Waals surface area contributed by atoms with Gasteiger partial charge in [-0.15, -0.1) is 15.3 Å². The summed E-state index contributed by atoms with van der Waals surface area (Å²) >= 11 is 0. The van der Waals surface area contributed by atoms with Crippen molar-refractivity contribution in [2.45, 2.75) is 18.4 Å². The van der Waals surface area contributed by atoms with E-state index < -0.39 is 0 Å². The summed E-state index contributed by atoms with van der Waals surface area (Å²) in [6.45, 7) is 0. The van der Waals surface area contributed by atoms with Crippen molar-refractivity contribution in [1.82, 2.24) is 46.2 Å². The lowest BCUT2D eigenvalue weighted by atomic mass is 9.90. The van der Waals surface area contributed by atoms with E-state index in [1.807, 2.05) is 0 Å². The monoisotopic (exact) mass is 260 g/mol. The molecule has 0 aliphatic heterocycles. The van der Waals surface area contributed by atoms with Crippen LogP contribution >= 0.6 is 0 Å². The number of rotatable bonds is 5. The molecule has 10 heteroatoms. The third kappa shape index (κ3) is 2.33. The highest BCUT2D eigenvalue weighted by Gasteiger charge is 2.26. The van der Waals surface area contributed by atoms with Gasteiger partial charge in [0.1, 0.15) is 0 Å². The smallest absolute Gasteiger partial charge is 0.0998 e. The van der Waals surface area contributed by atoms with Gasteiger partial charge in [-0.1, -0.05) is 15.6 Å². The molecule has 3 aromatic rings. The first-order chi connectivity index (χ1) is 9.34. The van der Waals surface area contributed by atoms with Gasteiger partial charge in [-0.2, -0.15) is 0 Å². The average molecular weight is 260 g/mol. The molecule has 3 aromatic heterocycles. The Labute approximate surface area is 107 Å². The maximum Gasteiger partial charge on any atom is 0.0998 e. The van der Waals surface area contributed by atoms with Crippen LogP contribution in [0.2, 0.25) is 0 Å². The molecule has 0 aliphatic rings. The van der Waals surface area contributed by atoms with Gasteiger partial charge in [-0.3, -0.25) is 15.3 Å². The predicted octanol–water partition coefficient (Wildman–Crippen LogP) is -0.933. The lowest BCUT2D eigenvalue weighted by Gasteiger charge is -2.18. The Morgan fingerprint density at radius 3 is 2.11 bits per heavy atom. The number of nitrogens with one attached hydrogen (secondary N) is 3. The van der Waals surface area contributed by atoms with Crippen LogP contribution in [0.15, 0.2) is 18.6 Å². The second-order valence-corrected chi connectivity index (χ2v) is 4.10. The van der Waals surface area contributed by atoms with E-state index in [4.69, 9.17) is 5.73 Å². The standard InChI is InChI=1S/C9H12N10/c10-9(8-4-13-19-16-8)6(7-3-12-18-15-7)1-5-2-11-17-14-5/h2-4,6,9H,1,10H2,(H,11,14,17)(H,12,15,18)(H,13,16,19). The zero-order chi connectivity index (χ0) is 13.1. The Balaban J connectivity index is 1.88. The largest absolute Gasteiger partial charge is 0.322 e. The zero-order valence-corrected chi connectivity index (χ0v) is 9.85. The lowest BCUT2D eigenvalue weighted by molar-refractivity contribution is 0.520. The van der Waals surface area contributed by atoms with Crippen LogP contribution < -0.4 is 5.73 Å². The van der Waals surface area contributed by atoms with E-state index in [-0.39, 0.29) is 12.0 Å². The van der Waals surface area contributed by atoms with Crippen molar-refractivity contribution in [2.24, 2.45) is 5.73 Å². The van der Waals surface area contributed by atoms with Gasteiger partial charge < -0.3 is 5.73 Å². The normalized spacial score (nSPS) is 14.4. The minimum atomic E-state index is -0.361. The van der Waals surface area contributed by atoms with Crippen LogP contribution in [0, 0.1) is 0 Å². The van der Waals surface area contributed by atoms with Crippen LogP contribution in [0.5, 0.6) is 0 Å². The van der Waals surface area contributed by atoms with Crippen molar-refractivity contribution < 1.29 is 0 Å². The van der Waals surface area contributed by atoms with Gasteiger partial charge in [0.2, 0.25) is 0 Å². The summed E-state index contributed by atoms with van der Waals surface area (Å²) in [5.41, 5.74) is 8.44. The summed E-state index contributed by atoms with van der Waals surface area (Å²) in [7, 11) is 0. The molecule has 3 rings (SSSR count). The summed E-state index contributed by atoms with van der Waals surface area (Å²) in [6, 6.07) is -0.361. The zero-order valence-electron chi connectivity index (χ0n) is 9.85. The van der Waals surface area contributed by atoms with Gasteiger partial charge in [0.05, 0.1) is 23.1 Å². The molecule has 0 bridgehead atoms. The highest BCUT2D eigenvalue weighted by Crippen LogP contribution is 2.28. The first-order valence-corrected chi connectivity index (χ1v) is 5.68. The topological polar surface area (TPSA) is 151 Å². The molecule has 5 N–H and O–H groups in total. The number of nitrogens with zero attached hydrogens (tertiary/aromatic N) is 6. The minimum absolute atomic E-state index is 0.117. The number of aromatic amines is 3. The molecule has 0 saturated carbocycles. The second-order valence-electron chi connectivity index (χ2n) is 4.10. The van der Waals surface area contributed by atoms with Crippen LogP contribution in [0.3, 0.4) is 0 Å². The van der Waals surface area contributed by atoms with Gasteiger partial charge in [0, 0.05) is 30.9 Å². The molecule has 0 aromatic carbocycles. The maximum absolute atomic E-state index is 6.23. The first-order valence-electron chi connectivity index (χ1n) is 5.68. The van der Waals surface area contributed by atoms with Crippen molar-refractivity contribution in [1.29, 1.82) is 0 Å². The van der Waals surface area contributed by atoms with E-state index in [0.717, 1.165) is 11.4 Å². The van der Waals surface area contributed by atoms with Gasteiger partial charge >= 0.3 is 0 Å². The minimum Gasteiger partial charge on any atom is -0.322 e. The summed E-state index contributed by atoms with van der Waals surface area (Å²) < 4.78 is 0. The summed E-state index contributed by atoms with van der Waals surface area (Å²) in [5.74, 6) is -0.117. The fraction of sp³-hybridized carbons (Fsp3) is 0.333. The molecule has 19 heavy (non-hydrogen) atoms. The fourth-order valence-corrected chi connectivity index (χ4v) is 1.94. The molecule has 3 heterocycles. The summed E-state index contributed by atoms with van der Waals surface area (Å²) in [5, 5.41) is 31.0. The molecule has 0 radical (unpaired) electrons. The molecular weight excluding hydrogens is 248 g/mol. The molecule has 0 saturated heterocycles. The van der Waals surface area contributed by atoms with E-state index >= 15 is 0 Å². The number of H-pyrrole nitrogens is 3. The molecule has 10 nitrogen and oxygen atoms in total. The number of nitrogens with two attached hydrogens (primary N) is 1. The van der Waals surface area contributed by atoms with Crippen molar-refractivity contribution >= 4 is 0 Å². The van der Waals surface area contributed by atoms with Crippen molar-refractivity contribution in [2.75, 3.05) is 0 Å². The quantitative estimate of drug-likeness (QED) is 0.462. The fourth-order valence-electron chi connectivity index (χ4n) is 1.94. The van der Waals surface area contributed by atoms with Crippen LogP contribution in [0.25, 0.3) is 0 Å². The maximum atomic E-state index is 6.23. The summed E-state index contributed by atoms with van der Waals surface area (Å²) in [4.78, 5) is 0. The molecular formula is C9H12N10. The highest BCUT2D eigenvalue weighted by molar-refractivity contribution is 5.16. The molecule has 2 unspecified atom stereocenters. The highest BCUT2D eigenvalue weighted by atomic mass is 15.3. The molecule has 98 valence electrons. The van der Waals surface area contributed by atoms with Crippen LogP contribution in [0.4, 0.5) is 0 Å². The second kappa shape index (κ2) is 4.94. The van der Waals surface area contributed by atoms with Crippen molar-refractivity contribution in [3.63, 3.8) is 0 Å². The van der Waals surface area contributed by atoms with Gasteiger partial charge in [0.25, 0.3) is 0 Å². The van der Waals surface area contributed by atoms with E-state index in [1.54, 1.807) is 18.6 Å². The molecule has 2 atom stereocenters. The molecule has 0 fully saturated rings. The third-order valence-electron chi connectivity index (χ3n) is 2.92. The summed E-state index contributed by atoms with van der Waals surface area (Å²) in [6.07, 6.45) is 5.69. The SMILES string of the molecule is NC(c1c[nH]nn1)C(Cc1c[nH]nn1)c1c[nH]nn1. The van der Waals surface area contributed by atoms with Gasteiger partial charge in [-0.05, 0) is 0 Å². The van der Waals surface area contributed by atoms with Crippen LogP contribution in [0.1, 0.15) is 29.0 Å². The Kier molecular flexibility index (Phi) is 2.98. The predicted molar refractivity (Wildman–Crippen MR) is 62.5 cm³/mol. The van der Waals surface area contributed by atoms with E-state index in [2.05, 4.69) is 46.2 Å². The van der Waals surface area contributed by atoms with Crippen LogP contribution in [-0.2, 0) is 6.42 Å².